The average Bonchev–Trinajstić information content (AvgIpc) is 3.18. The van der Waals surface area contributed by atoms with Gasteiger partial charge < -0.3 is 10.2 Å². The first-order valence-electron chi connectivity index (χ1n) is 9.95. The first-order chi connectivity index (χ1) is 14.9. The molecule has 2 aliphatic heterocycles. The molecule has 2 unspecified atom stereocenters. The normalized spacial score (nSPS) is 20.2. The van der Waals surface area contributed by atoms with Gasteiger partial charge in [0.15, 0.2) is 0 Å². The third kappa shape index (κ3) is 3.80. The molecule has 8 heteroatoms. The van der Waals surface area contributed by atoms with Crippen molar-refractivity contribution in [1.82, 2.24) is 4.72 Å². The van der Waals surface area contributed by atoms with E-state index in [1.807, 2.05) is 47.4 Å². The van der Waals surface area contributed by atoms with Crippen molar-refractivity contribution in [3.05, 3.63) is 77.8 Å². The summed E-state index contributed by atoms with van der Waals surface area (Å²) in [5.41, 5.74) is 3.47. The van der Waals surface area contributed by atoms with Gasteiger partial charge in [-0.05, 0) is 53.9 Å². The van der Waals surface area contributed by atoms with Crippen LogP contribution in [0.25, 0.3) is 11.1 Å². The van der Waals surface area contributed by atoms with E-state index in [4.69, 9.17) is 11.6 Å². The topological polar surface area (TPSA) is 78.5 Å². The number of nitrogens with zero attached hydrogens (tertiary/aromatic N) is 1. The lowest BCUT2D eigenvalue weighted by molar-refractivity contribution is -0.117. The standard InChI is InChI=1S/C23H20ClN3O3S/c24-17-5-3-4-16(12-17)15-8-10-19(11-9-15)31(29,30)26-18-13-22-23(28)25-20-6-1-2-7-21(20)27(22)14-18/h1-12,18,22,26H,13-14H2,(H,25,28). The van der Waals surface area contributed by atoms with Gasteiger partial charge in [-0.3, -0.25) is 4.79 Å². The van der Waals surface area contributed by atoms with Crippen LogP contribution in [0.15, 0.2) is 77.7 Å². The SMILES string of the molecule is O=C1Nc2ccccc2N2CC(NS(=O)(=O)c3ccc(-c4cccc(Cl)c4)cc3)CC12. The molecule has 5 rings (SSSR count). The molecule has 0 radical (unpaired) electrons. The molecule has 0 bridgehead atoms. The summed E-state index contributed by atoms with van der Waals surface area (Å²) in [6.07, 6.45) is 0.417. The van der Waals surface area contributed by atoms with Crippen molar-refractivity contribution in [1.29, 1.82) is 0 Å². The van der Waals surface area contributed by atoms with Gasteiger partial charge in [-0.15, -0.1) is 0 Å². The van der Waals surface area contributed by atoms with Gasteiger partial charge >= 0.3 is 0 Å². The zero-order valence-corrected chi connectivity index (χ0v) is 18.0. The van der Waals surface area contributed by atoms with Gasteiger partial charge in [0.05, 0.1) is 16.3 Å². The Kier molecular flexibility index (Phi) is 4.97. The minimum atomic E-state index is -3.72. The van der Waals surface area contributed by atoms with Crippen LogP contribution in [0.3, 0.4) is 0 Å². The Morgan fingerprint density at radius 1 is 0.968 bits per heavy atom. The second kappa shape index (κ2) is 7.67. The predicted octanol–water partition coefficient (Wildman–Crippen LogP) is 3.88. The van der Waals surface area contributed by atoms with E-state index in [1.54, 1.807) is 30.3 Å². The van der Waals surface area contributed by atoms with Crippen molar-refractivity contribution in [3.8, 4) is 11.1 Å². The van der Waals surface area contributed by atoms with E-state index in [9.17, 15) is 13.2 Å². The zero-order valence-electron chi connectivity index (χ0n) is 16.5. The molecule has 0 spiro atoms. The number of sulfonamides is 1. The number of para-hydroxylation sites is 2. The Balaban J connectivity index is 1.34. The highest BCUT2D eigenvalue weighted by molar-refractivity contribution is 7.89. The number of benzene rings is 3. The number of carbonyl (C=O) groups is 1. The van der Waals surface area contributed by atoms with E-state index in [2.05, 4.69) is 10.0 Å². The highest BCUT2D eigenvalue weighted by Crippen LogP contribution is 2.36. The summed E-state index contributed by atoms with van der Waals surface area (Å²) < 4.78 is 28.7. The van der Waals surface area contributed by atoms with Crippen LogP contribution < -0.4 is 14.9 Å². The lowest BCUT2D eigenvalue weighted by atomic mass is 10.1. The van der Waals surface area contributed by atoms with Gasteiger partial charge in [0.25, 0.3) is 0 Å². The minimum absolute atomic E-state index is 0.105. The van der Waals surface area contributed by atoms with Crippen LogP contribution >= 0.6 is 11.6 Å². The van der Waals surface area contributed by atoms with Crippen LogP contribution in [0, 0.1) is 0 Å². The Morgan fingerprint density at radius 3 is 2.52 bits per heavy atom. The van der Waals surface area contributed by atoms with Gasteiger partial charge in [-0.2, -0.15) is 0 Å². The summed E-state index contributed by atoms with van der Waals surface area (Å²) in [5.74, 6) is -0.105. The molecule has 2 heterocycles. The summed E-state index contributed by atoms with van der Waals surface area (Å²) in [5, 5.41) is 3.53. The van der Waals surface area contributed by atoms with E-state index in [-0.39, 0.29) is 22.9 Å². The lowest BCUT2D eigenvalue weighted by Crippen LogP contribution is -2.44. The monoisotopic (exact) mass is 453 g/mol. The van der Waals surface area contributed by atoms with E-state index >= 15 is 0 Å². The molecule has 1 fully saturated rings. The molecule has 3 aromatic rings. The van der Waals surface area contributed by atoms with Gasteiger partial charge in [-0.1, -0.05) is 48.0 Å². The fourth-order valence-electron chi connectivity index (χ4n) is 4.26. The summed E-state index contributed by atoms with van der Waals surface area (Å²) in [6, 6.07) is 20.9. The molecule has 2 aliphatic rings. The van der Waals surface area contributed by atoms with Crippen LogP contribution in [-0.2, 0) is 14.8 Å². The number of hydrogen-bond acceptors (Lipinski definition) is 4. The number of amides is 1. The molecule has 0 aromatic heterocycles. The molecule has 1 saturated heterocycles. The Morgan fingerprint density at radius 2 is 1.74 bits per heavy atom. The molecule has 0 saturated carbocycles. The van der Waals surface area contributed by atoms with Crippen LogP contribution in [0.1, 0.15) is 6.42 Å². The van der Waals surface area contributed by atoms with Crippen molar-refractivity contribution in [2.75, 3.05) is 16.8 Å². The van der Waals surface area contributed by atoms with E-state index in [1.165, 1.54) is 0 Å². The average molecular weight is 454 g/mol. The number of carbonyl (C=O) groups excluding carboxylic acids is 1. The van der Waals surface area contributed by atoms with Crippen LogP contribution in [-0.4, -0.2) is 33.0 Å². The number of rotatable bonds is 4. The summed E-state index contributed by atoms with van der Waals surface area (Å²) in [7, 11) is -3.72. The fraction of sp³-hybridized carbons (Fsp3) is 0.174. The third-order valence-corrected chi connectivity index (χ3v) is 7.49. The summed E-state index contributed by atoms with van der Waals surface area (Å²) >= 11 is 6.05. The Hall–Kier alpha value is -2.87. The molecule has 2 N–H and O–H groups in total. The van der Waals surface area contributed by atoms with Crippen molar-refractivity contribution in [2.45, 2.75) is 23.4 Å². The Bertz CT molecular complexity index is 1260. The van der Waals surface area contributed by atoms with Crippen molar-refractivity contribution >= 4 is 38.9 Å². The number of fused-ring (bicyclic) bond motifs is 3. The second-order valence-electron chi connectivity index (χ2n) is 7.76. The summed E-state index contributed by atoms with van der Waals surface area (Å²) in [6.45, 7) is 0.439. The number of nitrogens with one attached hydrogen (secondary N) is 2. The van der Waals surface area contributed by atoms with E-state index in [0.717, 1.165) is 22.5 Å². The molecule has 0 aliphatic carbocycles. The molecule has 6 nitrogen and oxygen atoms in total. The van der Waals surface area contributed by atoms with Gasteiger partial charge in [0, 0.05) is 17.6 Å². The molecular formula is C23H20ClN3O3S. The zero-order chi connectivity index (χ0) is 21.6. The molecule has 31 heavy (non-hydrogen) atoms. The maximum absolute atomic E-state index is 13.0. The molecule has 2 atom stereocenters. The van der Waals surface area contributed by atoms with Crippen molar-refractivity contribution in [2.24, 2.45) is 0 Å². The number of halogens is 1. The molecular weight excluding hydrogens is 434 g/mol. The third-order valence-electron chi connectivity index (χ3n) is 5.72. The summed E-state index contributed by atoms with van der Waals surface area (Å²) in [4.78, 5) is 14.6. The first-order valence-corrected chi connectivity index (χ1v) is 11.8. The van der Waals surface area contributed by atoms with Crippen molar-refractivity contribution in [3.63, 3.8) is 0 Å². The minimum Gasteiger partial charge on any atom is -0.356 e. The highest BCUT2D eigenvalue weighted by atomic mass is 35.5. The number of hydrogen-bond donors (Lipinski definition) is 2. The maximum Gasteiger partial charge on any atom is 0.247 e. The van der Waals surface area contributed by atoms with Gasteiger partial charge in [0.1, 0.15) is 6.04 Å². The quantitative estimate of drug-likeness (QED) is 0.628. The van der Waals surface area contributed by atoms with E-state index < -0.39 is 10.0 Å². The van der Waals surface area contributed by atoms with Crippen LogP contribution in [0.4, 0.5) is 11.4 Å². The van der Waals surface area contributed by atoms with Crippen LogP contribution in [0.5, 0.6) is 0 Å². The van der Waals surface area contributed by atoms with Gasteiger partial charge in [-0.25, -0.2) is 13.1 Å². The molecule has 158 valence electrons. The molecule has 3 aromatic carbocycles. The van der Waals surface area contributed by atoms with E-state index in [0.29, 0.717) is 18.0 Å². The largest absolute Gasteiger partial charge is 0.356 e. The predicted molar refractivity (Wildman–Crippen MR) is 122 cm³/mol. The highest BCUT2D eigenvalue weighted by Gasteiger charge is 2.42. The lowest BCUT2D eigenvalue weighted by Gasteiger charge is -2.32. The van der Waals surface area contributed by atoms with Gasteiger partial charge in [0.2, 0.25) is 15.9 Å². The van der Waals surface area contributed by atoms with Crippen molar-refractivity contribution < 1.29 is 13.2 Å². The smallest absolute Gasteiger partial charge is 0.247 e. The second-order valence-corrected chi connectivity index (χ2v) is 9.91. The maximum atomic E-state index is 13.0. The molecule has 1 amide bonds. The van der Waals surface area contributed by atoms with Crippen LogP contribution in [0.2, 0.25) is 5.02 Å². The fourth-order valence-corrected chi connectivity index (χ4v) is 5.69. The number of anilines is 2. The first kappa shape index (κ1) is 20.1. The Labute approximate surface area is 185 Å².